The van der Waals surface area contributed by atoms with Gasteiger partial charge in [0.2, 0.25) is 5.91 Å². The number of hydrogen-bond acceptors (Lipinski definition) is 2. The quantitative estimate of drug-likeness (QED) is 0.881. The van der Waals surface area contributed by atoms with Gasteiger partial charge in [0.25, 0.3) is 0 Å². The molecule has 1 unspecified atom stereocenters. The van der Waals surface area contributed by atoms with E-state index in [2.05, 4.69) is 19.2 Å². The monoisotopic (exact) mass is 266 g/mol. The molecule has 98 valence electrons. The molecule has 2 rings (SSSR count). The fourth-order valence-corrected chi connectivity index (χ4v) is 2.87. The van der Waals surface area contributed by atoms with Crippen LogP contribution in [-0.4, -0.2) is 11.9 Å². The average molecular weight is 267 g/mol. The average Bonchev–Trinajstić information content (AvgIpc) is 2.58. The molecule has 0 heterocycles. The zero-order valence-electron chi connectivity index (χ0n) is 10.8. The Morgan fingerprint density at radius 1 is 1.50 bits per heavy atom. The zero-order chi connectivity index (χ0) is 13.3. The van der Waals surface area contributed by atoms with Crippen molar-refractivity contribution >= 4 is 23.2 Å². The van der Waals surface area contributed by atoms with Gasteiger partial charge in [0.15, 0.2) is 0 Å². The number of primary amides is 1. The van der Waals surface area contributed by atoms with Gasteiger partial charge in [-0.15, -0.1) is 0 Å². The summed E-state index contributed by atoms with van der Waals surface area (Å²) in [6.07, 6.45) is 3.65. The summed E-state index contributed by atoms with van der Waals surface area (Å²) < 4.78 is 0. The molecule has 0 aliphatic heterocycles. The largest absolute Gasteiger partial charge is 0.382 e. The fourth-order valence-electron chi connectivity index (χ4n) is 2.60. The van der Waals surface area contributed by atoms with Gasteiger partial charge in [-0.1, -0.05) is 31.9 Å². The van der Waals surface area contributed by atoms with E-state index in [1.54, 1.807) is 12.1 Å². The molecule has 0 spiro atoms. The molecular weight excluding hydrogens is 248 g/mol. The first-order valence-corrected chi connectivity index (χ1v) is 6.64. The van der Waals surface area contributed by atoms with E-state index in [0.717, 1.165) is 5.69 Å². The highest BCUT2D eigenvalue weighted by molar-refractivity contribution is 6.34. The summed E-state index contributed by atoms with van der Waals surface area (Å²) in [5.41, 5.74) is 6.85. The van der Waals surface area contributed by atoms with Crippen molar-refractivity contribution in [3.63, 3.8) is 0 Å². The van der Waals surface area contributed by atoms with Crippen molar-refractivity contribution in [2.24, 2.45) is 11.1 Å². The number of nitrogens with one attached hydrogen (secondary N) is 1. The Morgan fingerprint density at radius 3 is 2.72 bits per heavy atom. The molecule has 1 saturated carbocycles. The Balaban J connectivity index is 2.16. The number of carbonyl (C=O) groups is 1. The van der Waals surface area contributed by atoms with E-state index in [1.807, 2.05) is 6.07 Å². The lowest BCUT2D eigenvalue weighted by molar-refractivity contribution is 0.100. The topological polar surface area (TPSA) is 55.1 Å². The molecule has 1 aliphatic rings. The lowest BCUT2D eigenvalue weighted by Crippen LogP contribution is -2.30. The van der Waals surface area contributed by atoms with Crippen LogP contribution < -0.4 is 11.1 Å². The maximum atomic E-state index is 11.1. The van der Waals surface area contributed by atoms with Crippen LogP contribution in [0.25, 0.3) is 0 Å². The highest BCUT2D eigenvalue weighted by Gasteiger charge is 2.34. The summed E-state index contributed by atoms with van der Waals surface area (Å²) in [6, 6.07) is 5.76. The summed E-state index contributed by atoms with van der Waals surface area (Å²) in [6.45, 7) is 4.55. The number of anilines is 1. The molecule has 0 bridgehead atoms. The second kappa shape index (κ2) is 4.81. The lowest BCUT2D eigenvalue weighted by Gasteiger charge is -2.28. The van der Waals surface area contributed by atoms with Crippen molar-refractivity contribution < 1.29 is 4.79 Å². The third-order valence-electron chi connectivity index (χ3n) is 3.83. The van der Waals surface area contributed by atoms with Crippen molar-refractivity contribution in [1.82, 2.24) is 0 Å². The number of benzene rings is 1. The number of hydrogen-bond donors (Lipinski definition) is 2. The van der Waals surface area contributed by atoms with Crippen LogP contribution in [0.5, 0.6) is 0 Å². The van der Waals surface area contributed by atoms with E-state index in [-0.39, 0.29) is 0 Å². The Morgan fingerprint density at radius 2 is 2.22 bits per heavy atom. The Kier molecular flexibility index (Phi) is 3.53. The summed E-state index contributed by atoms with van der Waals surface area (Å²) in [5, 5.41) is 3.91. The number of halogens is 1. The molecule has 18 heavy (non-hydrogen) atoms. The third kappa shape index (κ3) is 2.61. The van der Waals surface area contributed by atoms with E-state index < -0.39 is 5.91 Å². The van der Waals surface area contributed by atoms with Gasteiger partial charge >= 0.3 is 0 Å². The Labute approximate surface area is 113 Å². The van der Waals surface area contributed by atoms with Gasteiger partial charge in [-0.2, -0.15) is 0 Å². The minimum Gasteiger partial charge on any atom is -0.382 e. The molecule has 1 fully saturated rings. The minimum absolute atomic E-state index is 0.300. The normalized spacial score (nSPS) is 21.8. The number of rotatable bonds is 3. The van der Waals surface area contributed by atoms with E-state index in [4.69, 9.17) is 17.3 Å². The predicted octanol–water partition coefficient (Wildman–Crippen LogP) is 3.43. The highest BCUT2D eigenvalue weighted by Crippen LogP contribution is 2.39. The van der Waals surface area contributed by atoms with Crippen LogP contribution in [0.1, 0.15) is 43.5 Å². The molecule has 4 heteroatoms. The zero-order valence-corrected chi connectivity index (χ0v) is 11.6. The molecule has 3 N–H and O–H groups in total. The molecule has 3 nitrogen and oxygen atoms in total. The Hall–Kier alpha value is -1.22. The van der Waals surface area contributed by atoms with Crippen LogP contribution in [0.15, 0.2) is 18.2 Å². The SMILES string of the molecule is CC1(C)CCCC1Nc1ccc(C(N)=O)c(Cl)c1. The van der Waals surface area contributed by atoms with Crippen molar-refractivity contribution in [2.75, 3.05) is 5.32 Å². The highest BCUT2D eigenvalue weighted by atomic mass is 35.5. The smallest absolute Gasteiger partial charge is 0.250 e. The van der Waals surface area contributed by atoms with Gasteiger partial charge < -0.3 is 11.1 Å². The molecule has 0 radical (unpaired) electrons. The fraction of sp³-hybridized carbons (Fsp3) is 0.500. The molecule has 1 aromatic rings. The van der Waals surface area contributed by atoms with Gasteiger partial charge in [0.05, 0.1) is 10.6 Å². The van der Waals surface area contributed by atoms with Crippen molar-refractivity contribution in [3.05, 3.63) is 28.8 Å². The van der Waals surface area contributed by atoms with Crippen molar-refractivity contribution in [1.29, 1.82) is 0 Å². The molecule has 0 saturated heterocycles. The molecule has 0 aromatic heterocycles. The lowest BCUT2D eigenvalue weighted by atomic mass is 9.87. The first-order valence-electron chi connectivity index (χ1n) is 6.26. The molecular formula is C14H19ClN2O. The second-order valence-electron chi connectivity index (χ2n) is 5.64. The maximum absolute atomic E-state index is 11.1. The van der Waals surface area contributed by atoms with Crippen LogP contribution in [0.3, 0.4) is 0 Å². The van der Waals surface area contributed by atoms with E-state index in [9.17, 15) is 4.79 Å². The maximum Gasteiger partial charge on any atom is 0.250 e. The van der Waals surface area contributed by atoms with E-state index >= 15 is 0 Å². The number of amides is 1. The van der Waals surface area contributed by atoms with Crippen LogP contribution in [0.2, 0.25) is 5.02 Å². The van der Waals surface area contributed by atoms with Gasteiger partial charge in [0, 0.05) is 11.7 Å². The summed E-state index contributed by atoms with van der Waals surface area (Å²) >= 11 is 6.04. The molecule has 1 atom stereocenters. The van der Waals surface area contributed by atoms with Crippen LogP contribution in [0, 0.1) is 5.41 Å². The first kappa shape index (κ1) is 13.2. The summed E-state index contributed by atoms with van der Waals surface area (Å²) in [5.74, 6) is -0.493. The standard InChI is InChI=1S/C14H19ClN2O/c1-14(2)7-3-4-12(14)17-9-5-6-10(13(16)18)11(15)8-9/h5-6,8,12,17H,3-4,7H2,1-2H3,(H2,16,18). The van der Waals surface area contributed by atoms with E-state index in [0.29, 0.717) is 22.0 Å². The summed E-state index contributed by atoms with van der Waals surface area (Å²) in [7, 11) is 0. The second-order valence-corrected chi connectivity index (χ2v) is 6.04. The number of carbonyl (C=O) groups excluding carboxylic acids is 1. The van der Waals surface area contributed by atoms with Gasteiger partial charge in [-0.25, -0.2) is 0 Å². The Bertz CT molecular complexity index is 471. The predicted molar refractivity (Wildman–Crippen MR) is 75.0 cm³/mol. The van der Waals surface area contributed by atoms with Crippen LogP contribution >= 0.6 is 11.6 Å². The molecule has 1 aliphatic carbocycles. The van der Waals surface area contributed by atoms with Crippen molar-refractivity contribution in [3.8, 4) is 0 Å². The molecule has 1 aromatic carbocycles. The van der Waals surface area contributed by atoms with Gasteiger partial charge in [-0.05, 0) is 36.5 Å². The van der Waals surface area contributed by atoms with Crippen molar-refractivity contribution in [2.45, 2.75) is 39.2 Å². The van der Waals surface area contributed by atoms with Crippen LogP contribution in [0.4, 0.5) is 5.69 Å². The van der Waals surface area contributed by atoms with Gasteiger partial charge in [-0.3, -0.25) is 4.79 Å². The first-order chi connectivity index (χ1) is 8.40. The van der Waals surface area contributed by atoms with Gasteiger partial charge in [0.1, 0.15) is 0 Å². The third-order valence-corrected chi connectivity index (χ3v) is 4.15. The molecule has 1 amide bonds. The minimum atomic E-state index is -0.493. The summed E-state index contributed by atoms with van der Waals surface area (Å²) in [4.78, 5) is 11.1. The van der Waals surface area contributed by atoms with Crippen LogP contribution in [-0.2, 0) is 0 Å². The van der Waals surface area contributed by atoms with E-state index in [1.165, 1.54) is 19.3 Å². The number of nitrogens with two attached hydrogens (primary N) is 1.